The zero-order valence-electron chi connectivity index (χ0n) is 8.88. The highest BCUT2D eigenvalue weighted by Gasteiger charge is 2.00. The Morgan fingerprint density at radius 2 is 2.00 bits per heavy atom. The van der Waals surface area contributed by atoms with Crippen LogP contribution in [0.5, 0.6) is 0 Å². The van der Waals surface area contributed by atoms with Crippen molar-refractivity contribution in [2.24, 2.45) is 11.5 Å². The second-order valence-corrected chi connectivity index (χ2v) is 3.63. The lowest BCUT2D eigenvalue weighted by atomic mass is 10.1. The first-order valence-electron chi connectivity index (χ1n) is 4.92. The Morgan fingerprint density at radius 3 is 2.64 bits per heavy atom. The molecule has 0 aliphatic heterocycles. The van der Waals surface area contributed by atoms with E-state index in [-0.39, 0.29) is 6.17 Å². The van der Waals surface area contributed by atoms with Gasteiger partial charge in [-0.25, -0.2) is 0 Å². The van der Waals surface area contributed by atoms with Crippen molar-refractivity contribution in [3.8, 4) is 0 Å². The minimum atomic E-state index is -0.229. The maximum absolute atomic E-state index is 5.46. The first-order chi connectivity index (χ1) is 6.61. The third-order valence-corrected chi connectivity index (χ3v) is 2.40. The van der Waals surface area contributed by atoms with Crippen LogP contribution in [0.25, 0.3) is 0 Å². The summed E-state index contributed by atoms with van der Waals surface area (Å²) in [7, 11) is 0. The van der Waals surface area contributed by atoms with E-state index in [1.165, 1.54) is 16.8 Å². The number of anilines is 1. The number of hydrogen-bond acceptors (Lipinski definition) is 3. The summed E-state index contributed by atoms with van der Waals surface area (Å²) in [6.45, 7) is 5.04. The lowest BCUT2D eigenvalue weighted by Gasteiger charge is -2.12. The molecular formula is C11H19N3. The van der Waals surface area contributed by atoms with E-state index in [2.05, 4.69) is 31.3 Å². The van der Waals surface area contributed by atoms with E-state index >= 15 is 0 Å². The Bertz CT molecular complexity index is 295. The number of rotatable bonds is 4. The molecule has 0 heterocycles. The van der Waals surface area contributed by atoms with Gasteiger partial charge in [0, 0.05) is 12.2 Å². The van der Waals surface area contributed by atoms with Crippen molar-refractivity contribution in [1.82, 2.24) is 0 Å². The molecule has 0 atom stereocenters. The van der Waals surface area contributed by atoms with E-state index in [0.29, 0.717) is 0 Å². The molecule has 0 radical (unpaired) electrons. The van der Waals surface area contributed by atoms with Crippen molar-refractivity contribution in [3.63, 3.8) is 0 Å². The lowest BCUT2D eigenvalue weighted by Crippen LogP contribution is -2.32. The number of benzene rings is 1. The molecule has 0 aromatic heterocycles. The molecule has 1 rings (SSSR count). The maximum atomic E-state index is 5.46. The summed E-state index contributed by atoms with van der Waals surface area (Å²) in [6, 6.07) is 6.23. The average Bonchev–Trinajstić information content (AvgIpc) is 2.12. The molecule has 1 aromatic rings. The average molecular weight is 193 g/mol. The SMILES string of the molecule is Cc1cccc(NCCC(N)N)c1C. The van der Waals surface area contributed by atoms with Gasteiger partial charge in [-0.15, -0.1) is 0 Å². The van der Waals surface area contributed by atoms with Gasteiger partial charge in [0.05, 0.1) is 6.17 Å². The quantitative estimate of drug-likeness (QED) is 0.632. The largest absolute Gasteiger partial charge is 0.385 e. The highest BCUT2D eigenvalue weighted by Crippen LogP contribution is 2.17. The molecular weight excluding hydrogens is 174 g/mol. The number of hydrogen-bond donors (Lipinski definition) is 3. The van der Waals surface area contributed by atoms with Crippen LogP contribution in [0.1, 0.15) is 17.5 Å². The van der Waals surface area contributed by atoms with Gasteiger partial charge in [-0.1, -0.05) is 12.1 Å². The van der Waals surface area contributed by atoms with Crippen molar-refractivity contribution in [3.05, 3.63) is 29.3 Å². The van der Waals surface area contributed by atoms with Gasteiger partial charge in [0.25, 0.3) is 0 Å². The van der Waals surface area contributed by atoms with E-state index in [9.17, 15) is 0 Å². The zero-order valence-corrected chi connectivity index (χ0v) is 8.88. The molecule has 0 unspecified atom stereocenters. The van der Waals surface area contributed by atoms with E-state index in [1.807, 2.05) is 6.07 Å². The zero-order chi connectivity index (χ0) is 10.6. The second kappa shape index (κ2) is 4.98. The van der Waals surface area contributed by atoms with Crippen molar-refractivity contribution in [1.29, 1.82) is 0 Å². The predicted octanol–water partition coefficient (Wildman–Crippen LogP) is 1.35. The molecule has 14 heavy (non-hydrogen) atoms. The molecule has 0 spiro atoms. The molecule has 0 saturated carbocycles. The van der Waals surface area contributed by atoms with Crippen LogP contribution in [-0.2, 0) is 0 Å². The molecule has 78 valence electrons. The van der Waals surface area contributed by atoms with Gasteiger partial charge in [-0.05, 0) is 37.5 Å². The molecule has 3 heteroatoms. The van der Waals surface area contributed by atoms with Crippen LogP contribution < -0.4 is 16.8 Å². The van der Waals surface area contributed by atoms with Crippen molar-refractivity contribution in [2.75, 3.05) is 11.9 Å². The first kappa shape index (κ1) is 11.0. The fraction of sp³-hybridized carbons (Fsp3) is 0.455. The fourth-order valence-electron chi connectivity index (χ4n) is 1.32. The standard InChI is InChI=1S/C11H19N3/c1-8-4-3-5-10(9(8)2)14-7-6-11(12)13/h3-5,11,14H,6-7,12-13H2,1-2H3. The molecule has 5 N–H and O–H groups in total. The summed E-state index contributed by atoms with van der Waals surface area (Å²) in [4.78, 5) is 0. The van der Waals surface area contributed by atoms with Crippen LogP contribution in [0, 0.1) is 13.8 Å². The minimum Gasteiger partial charge on any atom is -0.385 e. The van der Waals surface area contributed by atoms with Gasteiger partial charge in [0.15, 0.2) is 0 Å². The van der Waals surface area contributed by atoms with Crippen LogP contribution in [0.2, 0.25) is 0 Å². The van der Waals surface area contributed by atoms with Gasteiger partial charge in [0.1, 0.15) is 0 Å². The summed E-state index contributed by atoms with van der Waals surface area (Å²) in [5, 5.41) is 3.33. The normalized spacial score (nSPS) is 10.6. The molecule has 0 fully saturated rings. The van der Waals surface area contributed by atoms with Crippen LogP contribution in [0.15, 0.2) is 18.2 Å². The first-order valence-corrected chi connectivity index (χ1v) is 4.92. The van der Waals surface area contributed by atoms with Crippen LogP contribution in [-0.4, -0.2) is 12.7 Å². The summed E-state index contributed by atoms with van der Waals surface area (Å²) in [5.41, 5.74) is 14.7. The van der Waals surface area contributed by atoms with Gasteiger partial charge in [-0.3, -0.25) is 0 Å². The monoisotopic (exact) mass is 193 g/mol. The van der Waals surface area contributed by atoms with Gasteiger partial charge < -0.3 is 16.8 Å². The molecule has 0 aliphatic carbocycles. The molecule has 3 nitrogen and oxygen atoms in total. The van der Waals surface area contributed by atoms with Crippen molar-refractivity contribution < 1.29 is 0 Å². The van der Waals surface area contributed by atoms with Gasteiger partial charge in [0.2, 0.25) is 0 Å². The van der Waals surface area contributed by atoms with Crippen LogP contribution in [0.4, 0.5) is 5.69 Å². The van der Waals surface area contributed by atoms with E-state index < -0.39 is 0 Å². The highest BCUT2D eigenvalue weighted by molar-refractivity contribution is 5.53. The number of aryl methyl sites for hydroxylation is 1. The third kappa shape index (κ3) is 3.01. The molecule has 1 aromatic carbocycles. The van der Waals surface area contributed by atoms with Crippen molar-refractivity contribution >= 4 is 5.69 Å². The van der Waals surface area contributed by atoms with Crippen LogP contribution >= 0.6 is 0 Å². The Kier molecular flexibility index (Phi) is 3.92. The number of nitrogens with two attached hydrogens (primary N) is 2. The van der Waals surface area contributed by atoms with E-state index in [0.717, 1.165) is 13.0 Å². The minimum absolute atomic E-state index is 0.229. The summed E-state index contributed by atoms with van der Waals surface area (Å²) in [5.74, 6) is 0. The third-order valence-electron chi connectivity index (χ3n) is 2.40. The summed E-state index contributed by atoms with van der Waals surface area (Å²) >= 11 is 0. The smallest absolute Gasteiger partial charge is 0.0537 e. The fourth-order valence-corrected chi connectivity index (χ4v) is 1.32. The van der Waals surface area contributed by atoms with Crippen LogP contribution in [0.3, 0.4) is 0 Å². The Labute approximate surface area is 85.5 Å². The lowest BCUT2D eigenvalue weighted by molar-refractivity contribution is 0.661. The Balaban J connectivity index is 2.54. The van der Waals surface area contributed by atoms with Gasteiger partial charge >= 0.3 is 0 Å². The van der Waals surface area contributed by atoms with E-state index in [1.54, 1.807) is 0 Å². The topological polar surface area (TPSA) is 64.1 Å². The predicted molar refractivity (Wildman–Crippen MR) is 61.2 cm³/mol. The summed E-state index contributed by atoms with van der Waals surface area (Å²) in [6.07, 6.45) is 0.556. The molecule has 0 aliphatic rings. The number of nitrogens with one attached hydrogen (secondary N) is 1. The molecule has 0 saturated heterocycles. The molecule has 0 bridgehead atoms. The highest BCUT2D eigenvalue weighted by atomic mass is 14.9. The van der Waals surface area contributed by atoms with Crippen molar-refractivity contribution in [2.45, 2.75) is 26.4 Å². The Hall–Kier alpha value is -1.06. The molecule has 0 amide bonds. The Morgan fingerprint density at radius 1 is 1.29 bits per heavy atom. The second-order valence-electron chi connectivity index (χ2n) is 3.63. The van der Waals surface area contributed by atoms with Gasteiger partial charge in [-0.2, -0.15) is 0 Å². The summed E-state index contributed by atoms with van der Waals surface area (Å²) < 4.78 is 0. The van der Waals surface area contributed by atoms with E-state index in [4.69, 9.17) is 11.5 Å². The maximum Gasteiger partial charge on any atom is 0.0537 e.